The Bertz CT molecular complexity index is 1200. The van der Waals surface area contributed by atoms with Crippen LogP contribution in [-0.4, -0.2) is 5.11 Å². The van der Waals surface area contributed by atoms with Gasteiger partial charge in [0, 0.05) is 0 Å². The second-order valence-corrected chi connectivity index (χ2v) is 6.94. The van der Waals surface area contributed by atoms with Crippen LogP contribution in [0.3, 0.4) is 0 Å². The van der Waals surface area contributed by atoms with Gasteiger partial charge in [0.15, 0.2) is 11.5 Å². The van der Waals surface area contributed by atoms with E-state index in [4.69, 9.17) is 21.7 Å². The van der Waals surface area contributed by atoms with Gasteiger partial charge in [-0.15, -0.1) is 10.2 Å². The lowest BCUT2D eigenvalue weighted by molar-refractivity contribution is 0.483. The summed E-state index contributed by atoms with van der Waals surface area (Å²) in [4.78, 5) is 0. The lowest BCUT2D eigenvalue weighted by atomic mass is 10.3. The number of thiocarbonyl (C=S) groups is 1. The fourth-order valence-electron chi connectivity index (χ4n) is 2.76. The Morgan fingerprint density at radius 2 is 1.16 bits per heavy atom. The van der Waals surface area contributed by atoms with E-state index in [-0.39, 0.29) is 5.11 Å². The molecule has 0 saturated heterocycles. The van der Waals surface area contributed by atoms with Gasteiger partial charge in [-0.25, -0.2) is 0 Å². The summed E-state index contributed by atoms with van der Waals surface area (Å²) in [5.74, 6) is 2.68. The van der Waals surface area contributed by atoms with Gasteiger partial charge in [0.1, 0.15) is 17.2 Å². The van der Waals surface area contributed by atoms with Crippen molar-refractivity contribution in [3.63, 3.8) is 0 Å². The number of azo groups is 1. The quantitative estimate of drug-likeness (QED) is 0.180. The molecule has 0 unspecified atom stereocenters. The fraction of sp³-hybridized carbons (Fsp3) is 0. The highest BCUT2D eigenvalue weighted by Crippen LogP contribution is 2.32. The average Bonchev–Trinajstić information content (AvgIpc) is 2.84. The summed E-state index contributed by atoms with van der Waals surface area (Å²) < 4.78 is 11.8. The third-order valence-corrected chi connectivity index (χ3v) is 4.43. The van der Waals surface area contributed by atoms with E-state index in [0.717, 1.165) is 5.75 Å². The minimum absolute atomic E-state index is 0.161. The maximum atomic E-state index is 5.93. The van der Waals surface area contributed by atoms with E-state index in [9.17, 15) is 0 Å². The summed E-state index contributed by atoms with van der Waals surface area (Å²) >= 11 is 5.28. The molecule has 7 heteroatoms. The molecule has 0 saturated carbocycles. The SMILES string of the molecule is S=C(N=Nc1ccccc1Oc1ccccc1)NNc1ccccc1Oc1ccccc1. The molecule has 6 nitrogen and oxygen atoms in total. The van der Waals surface area contributed by atoms with Crippen molar-refractivity contribution in [2.75, 3.05) is 5.43 Å². The summed E-state index contributed by atoms with van der Waals surface area (Å²) in [6.07, 6.45) is 0. The Hall–Kier alpha value is -4.23. The number of ether oxygens (including phenoxy) is 2. The van der Waals surface area contributed by atoms with E-state index in [1.54, 1.807) is 6.07 Å². The molecule has 0 atom stereocenters. The van der Waals surface area contributed by atoms with E-state index in [0.29, 0.717) is 28.6 Å². The Balaban J connectivity index is 1.39. The van der Waals surface area contributed by atoms with Crippen molar-refractivity contribution in [3.05, 3.63) is 109 Å². The predicted octanol–water partition coefficient (Wildman–Crippen LogP) is 7.26. The van der Waals surface area contributed by atoms with Gasteiger partial charge >= 0.3 is 0 Å². The summed E-state index contributed by atoms with van der Waals surface area (Å²) in [7, 11) is 0. The number of rotatable bonds is 7. The van der Waals surface area contributed by atoms with Crippen molar-refractivity contribution in [2.24, 2.45) is 10.2 Å². The van der Waals surface area contributed by atoms with Crippen LogP contribution in [0.5, 0.6) is 23.0 Å². The molecule has 4 aromatic rings. The summed E-state index contributed by atoms with van der Waals surface area (Å²) in [6.45, 7) is 0. The van der Waals surface area contributed by atoms with Gasteiger partial charge in [0.2, 0.25) is 5.11 Å². The van der Waals surface area contributed by atoms with Crippen molar-refractivity contribution in [1.29, 1.82) is 0 Å². The zero-order valence-electron chi connectivity index (χ0n) is 17.0. The number of anilines is 1. The lowest BCUT2D eigenvalue weighted by Crippen LogP contribution is -2.26. The van der Waals surface area contributed by atoms with Gasteiger partial charge in [-0.2, -0.15) is 0 Å². The molecule has 0 radical (unpaired) electrons. The van der Waals surface area contributed by atoms with Gasteiger partial charge < -0.3 is 9.47 Å². The number of hydrogen-bond acceptors (Lipinski definition) is 5. The van der Waals surface area contributed by atoms with E-state index in [1.165, 1.54) is 0 Å². The van der Waals surface area contributed by atoms with Crippen LogP contribution in [-0.2, 0) is 0 Å². The minimum Gasteiger partial charge on any atom is -0.455 e. The minimum atomic E-state index is 0.161. The molecule has 0 aliphatic carbocycles. The smallest absolute Gasteiger partial charge is 0.232 e. The molecule has 2 N–H and O–H groups in total. The molecular weight excluding hydrogens is 420 g/mol. The van der Waals surface area contributed by atoms with Crippen LogP contribution in [0.1, 0.15) is 0 Å². The van der Waals surface area contributed by atoms with Gasteiger partial charge in [0.05, 0.1) is 5.69 Å². The molecule has 0 bridgehead atoms. The zero-order chi connectivity index (χ0) is 22.0. The normalized spacial score (nSPS) is 10.5. The zero-order valence-corrected chi connectivity index (χ0v) is 17.8. The standard InChI is InChI=1S/C25H20N4O2S/c32-25(28-26-21-15-7-9-17-23(21)30-19-11-3-1-4-12-19)29-27-22-16-8-10-18-24(22)31-20-13-5-2-6-14-20/h1-18,26H,(H,28,32). The van der Waals surface area contributed by atoms with Gasteiger partial charge in [-0.1, -0.05) is 60.7 Å². The van der Waals surface area contributed by atoms with E-state index in [1.807, 2.05) is 103 Å². The Morgan fingerprint density at radius 3 is 1.84 bits per heavy atom. The van der Waals surface area contributed by atoms with Gasteiger partial charge in [-0.3, -0.25) is 10.9 Å². The van der Waals surface area contributed by atoms with Crippen molar-refractivity contribution < 1.29 is 9.47 Å². The molecule has 0 fully saturated rings. The summed E-state index contributed by atoms with van der Waals surface area (Å²) in [5, 5.41) is 8.48. The number of hydrogen-bond donors (Lipinski definition) is 2. The maximum absolute atomic E-state index is 5.93. The van der Waals surface area contributed by atoms with Gasteiger partial charge in [0.25, 0.3) is 0 Å². The molecule has 4 aromatic carbocycles. The highest BCUT2D eigenvalue weighted by Gasteiger charge is 2.06. The Kier molecular flexibility index (Phi) is 7.03. The van der Waals surface area contributed by atoms with Crippen LogP contribution in [0.2, 0.25) is 0 Å². The third kappa shape index (κ3) is 5.90. The first-order valence-corrected chi connectivity index (χ1v) is 10.3. The van der Waals surface area contributed by atoms with Crippen molar-refractivity contribution in [1.82, 2.24) is 5.43 Å². The number of hydrazine groups is 1. The molecule has 0 heterocycles. The van der Waals surface area contributed by atoms with Gasteiger partial charge in [-0.05, 0) is 60.7 Å². The molecule has 0 spiro atoms. The first-order chi connectivity index (χ1) is 15.8. The molecule has 0 aliphatic rings. The number of nitrogens with zero attached hydrogens (tertiary/aromatic N) is 2. The van der Waals surface area contributed by atoms with Crippen LogP contribution in [0.25, 0.3) is 0 Å². The monoisotopic (exact) mass is 440 g/mol. The first kappa shape index (κ1) is 21.0. The topological polar surface area (TPSA) is 67.2 Å². The van der Waals surface area contributed by atoms with Crippen LogP contribution in [0.4, 0.5) is 11.4 Å². The maximum Gasteiger partial charge on any atom is 0.232 e. The predicted molar refractivity (Wildman–Crippen MR) is 130 cm³/mol. The molecule has 0 aromatic heterocycles. The van der Waals surface area contributed by atoms with E-state index >= 15 is 0 Å². The third-order valence-electron chi connectivity index (χ3n) is 4.25. The lowest BCUT2D eigenvalue weighted by Gasteiger charge is -2.13. The highest BCUT2D eigenvalue weighted by atomic mass is 32.1. The van der Waals surface area contributed by atoms with Crippen molar-refractivity contribution in [2.45, 2.75) is 0 Å². The number of nitrogens with one attached hydrogen (secondary N) is 2. The largest absolute Gasteiger partial charge is 0.455 e. The van der Waals surface area contributed by atoms with Crippen LogP contribution >= 0.6 is 12.2 Å². The molecule has 0 amide bonds. The number of benzene rings is 4. The number of para-hydroxylation sites is 5. The van der Waals surface area contributed by atoms with Crippen LogP contribution < -0.4 is 20.3 Å². The molecule has 158 valence electrons. The highest BCUT2D eigenvalue weighted by molar-refractivity contribution is 7.80. The van der Waals surface area contributed by atoms with E-state index < -0.39 is 0 Å². The Morgan fingerprint density at radius 1 is 0.625 bits per heavy atom. The van der Waals surface area contributed by atoms with E-state index in [2.05, 4.69) is 21.1 Å². The van der Waals surface area contributed by atoms with Crippen LogP contribution in [0.15, 0.2) is 119 Å². The molecular formula is C25H20N4O2S. The van der Waals surface area contributed by atoms with Crippen LogP contribution in [0, 0.1) is 0 Å². The second kappa shape index (κ2) is 10.7. The summed E-state index contributed by atoms with van der Waals surface area (Å²) in [6, 6.07) is 33.9. The second-order valence-electron chi connectivity index (χ2n) is 6.55. The van der Waals surface area contributed by atoms with Crippen molar-refractivity contribution >= 4 is 28.7 Å². The Labute approximate surface area is 191 Å². The first-order valence-electron chi connectivity index (χ1n) is 9.89. The summed E-state index contributed by atoms with van der Waals surface area (Å²) in [5.41, 5.74) is 7.16. The average molecular weight is 441 g/mol. The van der Waals surface area contributed by atoms with Crippen molar-refractivity contribution in [3.8, 4) is 23.0 Å². The molecule has 32 heavy (non-hydrogen) atoms. The molecule has 0 aliphatic heterocycles. The fourth-order valence-corrected chi connectivity index (χ4v) is 2.85. The molecule has 4 rings (SSSR count).